The number of likely N-dealkylation sites (tertiary alicyclic amines) is 1. The largest absolute Gasteiger partial charge is 0.435 e. The average molecular weight is 342 g/mol. The van der Waals surface area contributed by atoms with Crippen molar-refractivity contribution in [3.63, 3.8) is 0 Å². The fourth-order valence-electron chi connectivity index (χ4n) is 2.86. The summed E-state index contributed by atoms with van der Waals surface area (Å²) < 4.78 is 39.5. The van der Waals surface area contributed by atoms with Crippen LogP contribution in [0.15, 0.2) is 18.7 Å². The number of rotatable bonds is 4. The lowest BCUT2D eigenvalue weighted by Crippen LogP contribution is -2.39. The van der Waals surface area contributed by atoms with Crippen molar-refractivity contribution in [1.82, 2.24) is 29.9 Å². The molecule has 24 heavy (non-hydrogen) atoms. The van der Waals surface area contributed by atoms with Crippen LogP contribution in [0.5, 0.6) is 0 Å². The molecule has 1 amide bonds. The molecule has 1 N–H and O–H groups in total. The van der Waals surface area contributed by atoms with E-state index in [9.17, 15) is 18.0 Å². The minimum absolute atomic E-state index is 0.0363. The van der Waals surface area contributed by atoms with Gasteiger partial charge in [-0.15, -0.1) is 0 Å². The zero-order valence-corrected chi connectivity index (χ0v) is 12.8. The summed E-state index contributed by atoms with van der Waals surface area (Å²) in [6, 6.07) is 1.04. The number of hydrogen-bond acceptors (Lipinski definition) is 4. The van der Waals surface area contributed by atoms with Gasteiger partial charge in [-0.1, -0.05) is 0 Å². The van der Waals surface area contributed by atoms with E-state index in [0.29, 0.717) is 25.3 Å². The second kappa shape index (κ2) is 6.62. The number of nitrogens with zero attached hydrogens (tertiary/aromatic N) is 5. The maximum absolute atomic E-state index is 12.6. The van der Waals surface area contributed by atoms with Gasteiger partial charge in [0.05, 0.1) is 6.54 Å². The summed E-state index contributed by atoms with van der Waals surface area (Å²) >= 11 is 0. The Hall–Kier alpha value is -2.39. The van der Waals surface area contributed by atoms with E-state index in [-0.39, 0.29) is 18.2 Å². The van der Waals surface area contributed by atoms with Crippen molar-refractivity contribution in [1.29, 1.82) is 0 Å². The van der Waals surface area contributed by atoms with Gasteiger partial charge in [-0.3, -0.25) is 14.6 Å². The molecule has 0 spiro atoms. The molecule has 0 unspecified atom stereocenters. The van der Waals surface area contributed by atoms with E-state index in [0.717, 1.165) is 18.9 Å². The number of carbonyl (C=O) groups is 1. The first-order valence-corrected chi connectivity index (χ1v) is 7.66. The van der Waals surface area contributed by atoms with E-state index in [1.807, 2.05) is 0 Å². The van der Waals surface area contributed by atoms with Crippen LogP contribution in [-0.2, 0) is 17.5 Å². The van der Waals surface area contributed by atoms with Crippen molar-refractivity contribution in [2.45, 2.75) is 37.9 Å². The van der Waals surface area contributed by atoms with Gasteiger partial charge in [0.2, 0.25) is 5.91 Å². The van der Waals surface area contributed by atoms with E-state index in [1.165, 1.54) is 12.7 Å². The van der Waals surface area contributed by atoms with Crippen molar-refractivity contribution in [2.24, 2.45) is 0 Å². The summed E-state index contributed by atoms with van der Waals surface area (Å²) in [5, 5.41) is 9.73. The van der Waals surface area contributed by atoms with Crippen LogP contribution in [-0.4, -0.2) is 48.9 Å². The fraction of sp³-hybridized carbons (Fsp3) is 0.571. The summed E-state index contributed by atoms with van der Waals surface area (Å²) in [4.78, 5) is 17.8. The van der Waals surface area contributed by atoms with Gasteiger partial charge in [0, 0.05) is 31.1 Å². The highest BCUT2D eigenvalue weighted by atomic mass is 19.4. The quantitative estimate of drug-likeness (QED) is 0.919. The Kier molecular flexibility index (Phi) is 4.54. The third-order valence-corrected chi connectivity index (χ3v) is 4.12. The van der Waals surface area contributed by atoms with Gasteiger partial charge in [0.15, 0.2) is 5.69 Å². The summed E-state index contributed by atoms with van der Waals surface area (Å²) in [5.41, 5.74) is -0.497. The van der Waals surface area contributed by atoms with Gasteiger partial charge in [-0.2, -0.15) is 23.4 Å². The van der Waals surface area contributed by atoms with Gasteiger partial charge in [-0.05, 0) is 18.9 Å². The number of halogens is 3. The van der Waals surface area contributed by atoms with E-state index < -0.39 is 11.9 Å². The van der Waals surface area contributed by atoms with Crippen LogP contribution >= 0.6 is 0 Å². The maximum atomic E-state index is 12.6. The molecule has 1 aliphatic rings. The molecule has 1 atom stereocenters. The summed E-state index contributed by atoms with van der Waals surface area (Å²) in [6.45, 7) is 1.45. The highest BCUT2D eigenvalue weighted by Gasteiger charge is 2.35. The topological polar surface area (TPSA) is 79.7 Å². The van der Waals surface area contributed by atoms with Gasteiger partial charge < -0.3 is 4.90 Å². The molecule has 2 aromatic rings. The van der Waals surface area contributed by atoms with Crippen LogP contribution in [0.1, 0.15) is 36.6 Å². The van der Waals surface area contributed by atoms with E-state index in [2.05, 4.69) is 20.3 Å². The predicted octanol–water partition coefficient (Wildman–Crippen LogP) is 1.82. The van der Waals surface area contributed by atoms with Crippen LogP contribution in [0.2, 0.25) is 0 Å². The average Bonchev–Trinajstić information content (AvgIpc) is 3.23. The lowest BCUT2D eigenvalue weighted by Gasteiger charge is -2.32. The number of nitrogens with one attached hydrogen (secondary N) is 1. The number of carbonyl (C=O) groups excluding carboxylic acids is 1. The third kappa shape index (κ3) is 3.74. The predicted molar refractivity (Wildman–Crippen MR) is 76.8 cm³/mol. The van der Waals surface area contributed by atoms with E-state index >= 15 is 0 Å². The van der Waals surface area contributed by atoms with Crippen LogP contribution < -0.4 is 0 Å². The van der Waals surface area contributed by atoms with Gasteiger partial charge in [0.25, 0.3) is 0 Å². The van der Waals surface area contributed by atoms with Crippen molar-refractivity contribution >= 4 is 5.91 Å². The van der Waals surface area contributed by atoms with Crippen molar-refractivity contribution < 1.29 is 18.0 Å². The lowest BCUT2D eigenvalue weighted by molar-refractivity contribution is -0.141. The van der Waals surface area contributed by atoms with Gasteiger partial charge >= 0.3 is 6.18 Å². The smallest absolute Gasteiger partial charge is 0.342 e. The third-order valence-electron chi connectivity index (χ3n) is 4.12. The molecular weight excluding hydrogens is 325 g/mol. The molecule has 0 bridgehead atoms. The second-order valence-corrected chi connectivity index (χ2v) is 5.79. The summed E-state index contributed by atoms with van der Waals surface area (Å²) in [5.74, 6) is -0.191. The van der Waals surface area contributed by atoms with Crippen LogP contribution in [0, 0.1) is 0 Å². The monoisotopic (exact) mass is 342 g/mol. The molecule has 1 saturated heterocycles. The lowest BCUT2D eigenvalue weighted by atomic mass is 9.94. The number of aromatic amines is 1. The molecule has 0 radical (unpaired) electrons. The molecular formula is C14H17F3N6O. The number of alkyl halides is 3. The number of hydrogen-bond donors (Lipinski definition) is 1. The van der Waals surface area contributed by atoms with E-state index in [4.69, 9.17) is 0 Å². The number of piperidine rings is 1. The molecule has 10 heteroatoms. The highest BCUT2D eigenvalue weighted by Crippen LogP contribution is 2.32. The first kappa shape index (κ1) is 16.5. The zero-order valence-electron chi connectivity index (χ0n) is 12.8. The molecule has 3 rings (SSSR count). The number of aryl methyl sites for hydroxylation is 1. The molecule has 2 aromatic heterocycles. The fourth-order valence-corrected chi connectivity index (χ4v) is 2.86. The minimum atomic E-state index is -4.46. The van der Waals surface area contributed by atoms with Gasteiger partial charge in [-0.25, -0.2) is 4.98 Å². The summed E-state index contributed by atoms with van der Waals surface area (Å²) in [7, 11) is 0. The van der Waals surface area contributed by atoms with Crippen LogP contribution in [0.4, 0.5) is 13.2 Å². The Labute approximate surface area is 135 Å². The van der Waals surface area contributed by atoms with Crippen molar-refractivity contribution in [2.75, 3.05) is 13.1 Å². The Morgan fingerprint density at radius 3 is 2.92 bits per heavy atom. The second-order valence-electron chi connectivity index (χ2n) is 5.79. The summed E-state index contributed by atoms with van der Waals surface area (Å²) in [6.07, 6.45) is 0.240. The van der Waals surface area contributed by atoms with Gasteiger partial charge in [0.1, 0.15) is 12.7 Å². The Balaban J connectivity index is 1.59. The first-order valence-electron chi connectivity index (χ1n) is 7.66. The van der Waals surface area contributed by atoms with Crippen LogP contribution in [0.25, 0.3) is 0 Å². The number of H-pyrrole nitrogens is 1. The standard InChI is InChI=1S/C14H17F3N6O/c15-14(16,17)12-6-11(20-21-12)10-2-1-4-22(7-10)13(24)3-5-23-9-18-8-19-23/h6,8-10H,1-5,7H2,(H,20,21)/t10-/m1/s1. The minimum Gasteiger partial charge on any atom is -0.342 e. The molecule has 7 nitrogen and oxygen atoms in total. The zero-order chi connectivity index (χ0) is 17.2. The maximum Gasteiger partial charge on any atom is 0.435 e. The number of amides is 1. The molecule has 0 saturated carbocycles. The Morgan fingerprint density at radius 1 is 1.42 bits per heavy atom. The van der Waals surface area contributed by atoms with E-state index in [1.54, 1.807) is 9.58 Å². The highest BCUT2D eigenvalue weighted by molar-refractivity contribution is 5.76. The normalized spacial score (nSPS) is 18.8. The van der Waals surface area contributed by atoms with Crippen LogP contribution in [0.3, 0.4) is 0 Å². The molecule has 0 aliphatic carbocycles. The molecule has 3 heterocycles. The molecule has 130 valence electrons. The Bertz CT molecular complexity index is 681. The Morgan fingerprint density at radius 2 is 2.25 bits per heavy atom. The van der Waals surface area contributed by atoms with Crippen molar-refractivity contribution in [3.8, 4) is 0 Å². The van der Waals surface area contributed by atoms with Crippen molar-refractivity contribution in [3.05, 3.63) is 30.1 Å². The molecule has 1 fully saturated rings. The SMILES string of the molecule is O=C(CCn1cncn1)N1CCC[C@@H](c2cc(C(F)(F)F)n[nH]2)C1. The molecule has 0 aromatic carbocycles. The molecule has 1 aliphatic heterocycles. The first-order chi connectivity index (χ1) is 11.4. The number of aromatic nitrogens is 5.